The van der Waals surface area contributed by atoms with Crippen molar-refractivity contribution in [3.05, 3.63) is 83.3 Å². The molecule has 6 N–H and O–H groups in total. The van der Waals surface area contributed by atoms with Gasteiger partial charge in [-0.1, -0.05) is 85.3 Å². The second-order valence-corrected chi connectivity index (χ2v) is 9.42. The van der Waals surface area contributed by atoms with Gasteiger partial charge in [0.15, 0.2) is 0 Å². The number of carbonyl (C=O) groups is 3. The molecule has 0 radical (unpaired) electrons. The maximum Gasteiger partial charge on any atom is 2.00 e. The van der Waals surface area contributed by atoms with E-state index in [1.807, 2.05) is 60.7 Å². The van der Waals surface area contributed by atoms with Crippen LogP contribution in [0.25, 0.3) is 11.5 Å². The number of aryl methyl sites for hydroxylation is 2. The molecule has 3 atom stereocenters. The quantitative estimate of drug-likeness (QED) is 0.202. The number of carboxylic acid groups (broad SMARTS) is 3. The molecule has 0 saturated heterocycles. The Kier molecular flexibility index (Phi) is 25.1. The Bertz CT molecular complexity index is 845. The third kappa shape index (κ3) is 23.3. The Morgan fingerprint density at radius 3 is 1.27 bits per heavy atom. The van der Waals surface area contributed by atoms with Gasteiger partial charge in [-0.3, -0.25) is 14.4 Å². The Hall–Kier alpha value is -2.58. The molecule has 1 aliphatic rings. The second-order valence-electron chi connectivity index (χ2n) is 9.42. The molecular formula is C30H44N2O7Pt. The number of hydrogen-bond acceptors (Lipinski definition) is 4. The molecule has 9 nitrogen and oxygen atoms in total. The van der Waals surface area contributed by atoms with E-state index in [9.17, 15) is 14.4 Å². The van der Waals surface area contributed by atoms with Crippen LogP contribution < -0.4 is 0 Å². The molecule has 0 aromatic heterocycles. The van der Waals surface area contributed by atoms with Crippen molar-refractivity contribution in [3.8, 4) is 0 Å². The van der Waals surface area contributed by atoms with Gasteiger partial charge in [0, 0.05) is 12.8 Å². The largest absolute Gasteiger partial charge is 2.00 e. The van der Waals surface area contributed by atoms with Crippen LogP contribution in [0.1, 0.15) is 63.0 Å². The Morgan fingerprint density at radius 1 is 0.725 bits per heavy atom. The monoisotopic (exact) mass is 739 g/mol. The van der Waals surface area contributed by atoms with Crippen LogP contribution in [0, 0.1) is 11.8 Å². The van der Waals surface area contributed by atoms with E-state index in [-0.39, 0.29) is 40.3 Å². The number of nitrogens with one attached hydrogen (secondary N) is 2. The molecule has 0 bridgehead atoms. The predicted molar refractivity (Wildman–Crippen MR) is 153 cm³/mol. The van der Waals surface area contributed by atoms with E-state index < -0.39 is 24.0 Å². The zero-order chi connectivity index (χ0) is 29.5. The van der Waals surface area contributed by atoms with E-state index in [0.29, 0.717) is 24.9 Å². The van der Waals surface area contributed by atoms with Gasteiger partial charge in [-0.05, 0) is 43.7 Å². The first kappa shape index (κ1) is 39.6. The summed E-state index contributed by atoms with van der Waals surface area (Å²) in [4.78, 5) is 30.0. The molecular weight excluding hydrogens is 695 g/mol. The van der Waals surface area contributed by atoms with Crippen LogP contribution in [-0.4, -0.2) is 57.5 Å². The summed E-state index contributed by atoms with van der Waals surface area (Å²) in [5, 5.41) is 33.0. The molecule has 2 aromatic carbocycles. The standard InChI is InChI=1S/2C10H12O2.C6H12N2.C4H8O3.Pt/c2*11-10(12)8-4-7-9-5-2-1-3-6-9;7-3-5-1-2-6(5)4-8;1-3(5)2-4(6)7;/h2*1-3,5-6H,4,7-8H2,(H,11,12);5-8H,1-4H2;3,5H,2H2,1H3,(H,6,7);/q;;-2;;+2. The van der Waals surface area contributed by atoms with Gasteiger partial charge in [0.2, 0.25) is 0 Å². The first-order chi connectivity index (χ1) is 18.6. The van der Waals surface area contributed by atoms with Crippen LogP contribution in [-0.2, 0) is 48.3 Å². The summed E-state index contributed by atoms with van der Waals surface area (Å²) < 4.78 is 0. The van der Waals surface area contributed by atoms with Gasteiger partial charge >= 0.3 is 39.0 Å². The first-order valence-electron chi connectivity index (χ1n) is 13.3. The Labute approximate surface area is 252 Å². The van der Waals surface area contributed by atoms with Crippen LogP contribution in [0.5, 0.6) is 0 Å². The van der Waals surface area contributed by atoms with Crippen molar-refractivity contribution >= 4 is 17.9 Å². The average molecular weight is 740 g/mol. The number of carboxylic acids is 3. The summed E-state index contributed by atoms with van der Waals surface area (Å²) in [6.45, 7) is 2.53. The van der Waals surface area contributed by atoms with Crippen LogP contribution in [0.2, 0.25) is 0 Å². The third-order valence-electron chi connectivity index (χ3n) is 5.97. The van der Waals surface area contributed by atoms with Gasteiger partial charge in [0.1, 0.15) is 0 Å². The molecule has 226 valence electrons. The van der Waals surface area contributed by atoms with Gasteiger partial charge in [0.05, 0.1) is 12.5 Å². The van der Waals surface area contributed by atoms with Crippen molar-refractivity contribution in [1.82, 2.24) is 0 Å². The Morgan fingerprint density at radius 2 is 1.07 bits per heavy atom. The molecule has 1 saturated carbocycles. The number of hydrogen-bond donors (Lipinski definition) is 4. The van der Waals surface area contributed by atoms with E-state index in [0.717, 1.165) is 25.7 Å². The number of aliphatic carboxylic acids is 3. The fourth-order valence-corrected chi connectivity index (χ4v) is 3.61. The molecule has 0 aliphatic heterocycles. The number of rotatable bonds is 12. The Balaban J connectivity index is 0. The van der Waals surface area contributed by atoms with Gasteiger partial charge in [-0.25, -0.2) is 0 Å². The third-order valence-corrected chi connectivity index (χ3v) is 5.97. The van der Waals surface area contributed by atoms with Gasteiger partial charge < -0.3 is 31.9 Å². The van der Waals surface area contributed by atoms with Crippen molar-refractivity contribution in [3.63, 3.8) is 0 Å². The second kappa shape index (κ2) is 25.4. The maximum absolute atomic E-state index is 10.2. The van der Waals surface area contributed by atoms with Crippen molar-refractivity contribution in [1.29, 1.82) is 0 Å². The minimum Gasteiger partial charge on any atom is -0.677 e. The van der Waals surface area contributed by atoms with Crippen molar-refractivity contribution in [2.75, 3.05) is 13.1 Å². The van der Waals surface area contributed by atoms with Crippen LogP contribution >= 0.6 is 0 Å². The molecule has 2 aromatic rings. The van der Waals surface area contributed by atoms with Gasteiger partial charge in [0.25, 0.3) is 0 Å². The zero-order valence-corrected chi connectivity index (χ0v) is 25.4. The SMILES string of the molecule is CC(O)CC(=O)O.O=C(O)CCCc1ccccc1.O=C(O)CCCc1ccccc1.[NH-]CC1CCC1C[NH-].[Pt+2]. The summed E-state index contributed by atoms with van der Waals surface area (Å²) in [5.74, 6) is -1.24. The molecule has 3 rings (SSSR count). The van der Waals surface area contributed by atoms with Gasteiger partial charge in [-0.2, -0.15) is 0 Å². The molecule has 10 heteroatoms. The predicted octanol–water partition coefficient (Wildman–Crippen LogP) is 6.14. The molecule has 0 amide bonds. The number of aliphatic hydroxyl groups excluding tert-OH is 1. The maximum atomic E-state index is 10.2. The van der Waals surface area contributed by atoms with E-state index in [2.05, 4.69) is 0 Å². The van der Waals surface area contributed by atoms with Crippen LogP contribution in [0.15, 0.2) is 60.7 Å². The average Bonchev–Trinajstić information content (AvgIpc) is 2.85. The molecule has 1 aliphatic carbocycles. The molecule has 1 fully saturated rings. The molecule has 0 spiro atoms. The fraction of sp³-hybridized carbons (Fsp3) is 0.500. The number of aliphatic hydroxyl groups is 1. The van der Waals surface area contributed by atoms with Crippen LogP contribution in [0.4, 0.5) is 0 Å². The zero-order valence-electron chi connectivity index (χ0n) is 23.1. The van der Waals surface area contributed by atoms with E-state index in [1.165, 1.54) is 30.9 Å². The summed E-state index contributed by atoms with van der Waals surface area (Å²) in [6.07, 6.45) is 5.18. The normalized spacial score (nSPS) is 15.5. The number of benzene rings is 2. The van der Waals surface area contributed by atoms with Crippen molar-refractivity contribution in [2.45, 2.75) is 70.8 Å². The van der Waals surface area contributed by atoms with Crippen molar-refractivity contribution in [2.24, 2.45) is 11.8 Å². The summed E-state index contributed by atoms with van der Waals surface area (Å²) in [5.41, 5.74) is 16.4. The van der Waals surface area contributed by atoms with Crippen molar-refractivity contribution < 1.29 is 55.9 Å². The summed E-state index contributed by atoms with van der Waals surface area (Å²) in [7, 11) is 0. The molecule has 40 heavy (non-hydrogen) atoms. The van der Waals surface area contributed by atoms with Crippen LogP contribution in [0.3, 0.4) is 0 Å². The van der Waals surface area contributed by atoms with Gasteiger partial charge in [-0.15, -0.1) is 13.1 Å². The fourth-order valence-electron chi connectivity index (χ4n) is 3.61. The van der Waals surface area contributed by atoms with E-state index in [1.54, 1.807) is 0 Å². The molecule has 3 unspecified atom stereocenters. The minimum absolute atomic E-state index is 0. The smallest absolute Gasteiger partial charge is 0.677 e. The topological polar surface area (TPSA) is 180 Å². The first-order valence-corrected chi connectivity index (χ1v) is 13.3. The summed E-state index contributed by atoms with van der Waals surface area (Å²) >= 11 is 0. The molecule has 0 heterocycles. The van der Waals surface area contributed by atoms with E-state index >= 15 is 0 Å². The van der Waals surface area contributed by atoms with E-state index in [4.69, 9.17) is 31.9 Å². The minimum atomic E-state index is -0.963. The summed E-state index contributed by atoms with van der Waals surface area (Å²) in [6, 6.07) is 19.9.